The van der Waals surface area contributed by atoms with Crippen LogP contribution in [-0.4, -0.2) is 37.5 Å². The normalized spacial score (nSPS) is 19.5. The Labute approximate surface area is 158 Å². The minimum Gasteiger partial charge on any atom is -0.507 e. The first-order chi connectivity index (χ1) is 13.2. The van der Waals surface area contributed by atoms with Gasteiger partial charge in [-0.15, -0.1) is 10.2 Å². The van der Waals surface area contributed by atoms with E-state index in [9.17, 15) is 23.4 Å². The highest BCUT2D eigenvalue weighted by molar-refractivity contribution is 5.98. The molecule has 2 heterocycles. The van der Waals surface area contributed by atoms with Gasteiger partial charge in [0.25, 0.3) is 0 Å². The maximum Gasteiger partial charge on any atom is 0.416 e. The lowest BCUT2D eigenvalue weighted by molar-refractivity contribution is -0.137. The maximum absolute atomic E-state index is 13.0. The lowest BCUT2D eigenvalue weighted by Crippen LogP contribution is -2.39. The Hall–Kier alpha value is -2.94. The molecule has 0 saturated heterocycles. The van der Waals surface area contributed by atoms with E-state index in [-0.39, 0.29) is 29.0 Å². The van der Waals surface area contributed by atoms with Crippen LogP contribution in [0.1, 0.15) is 24.0 Å². The van der Waals surface area contributed by atoms with Crippen LogP contribution in [0, 0.1) is 6.92 Å². The number of rotatable bonds is 3. The third-order valence-electron chi connectivity index (χ3n) is 4.87. The van der Waals surface area contributed by atoms with Gasteiger partial charge in [0.1, 0.15) is 17.0 Å². The lowest BCUT2D eigenvalue weighted by atomic mass is 9.89. The zero-order valence-electron chi connectivity index (χ0n) is 14.8. The van der Waals surface area contributed by atoms with Crippen molar-refractivity contribution in [2.24, 2.45) is 0 Å². The Kier molecular flexibility index (Phi) is 4.34. The van der Waals surface area contributed by atoms with Gasteiger partial charge in [-0.05, 0) is 49.6 Å². The number of nitrogens with zero attached hydrogens (tertiary/aromatic N) is 3. The molecule has 1 aliphatic carbocycles. The van der Waals surface area contributed by atoms with Crippen molar-refractivity contribution < 1.29 is 23.4 Å². The second-order valence-electron chi connectivity index (χ2n) is 6.95. The van der Waals surface area contributed by atoms with Crippen LogP contribution in [0.15, 0.2) is 30.5 Å². The number of alkyl halides is 3. The van der Waals surface area contributed by atoms with Crippen LogP contribution < -0.4 is 5.32 Å². The molecular formula is C19H17F3N4O2. The summed E-state index contributed by atoms with van der Waals surface area (Å²) in [5, 5.41) is 31.9. The van der Waals surface area contributed by atoms with Crippen LogP contribution in [0.2, 0.25) is 0 Å². The number of hydrogen-bond acceptors (Lipinski definition) is 6. The van der Waals surface area contributed by atoms with Crippen LogP contribution in [0.25, 0.3) is 22.2 Å². The quantitative estimate of drug-likeness (QED) is 0.632. The zero-order chi connectivity index (χ0) is 20.1. The van der Waals surface area contributed by atoms with Gasteiger partial charge in [0.2, 0.25) is 0 Å². The zero-order valence-corrected chi connectivity index (χ0v) is 14.8. The number of aliphatic hydroxyl groups is 1. The smallest absolute Gasteiger partial charge is 0.416 e. The number of aliphatic hydroxyl groups excluding tert-OH is 1. The number of aromatic hydroxyl groups is 1. The second-order valence-corrected chi connectivity index (χ2v) is 6.95. The summed E-state index contributed by atoms with van der Waals surface area (Å²) >= 11 is 0. The Balaban J connectivity index is 1.82. The largest absolute Gasteiger partial charge is 0.507 e. The van der Waals surface area contributed by atoms with E-state index in [2.05, 4.69) is 20.5 Å². The molecule has 0 atom stereocenters. The number of nitrogens with one attached hydrogen (secondary N) is 1. The van der Waals surface area contributed by atoms with Gasteiger partial charge >= 0.3 is 6.18 Å². The van der Waals surface area contributed by atoms with E-state index in [1.54, 1.807) is 18.3 Å². The summed E-state index contributed by atoms with van der Waals surface area (Å²) in [5.74, 6) is -0.0517. The Morgan fingerprint density at radius 3 is 2.57 bits per heavy atom. The molecule has 0 unspecified atom stereocenters. The van der Waals surface area contributed by atoms with Crippen molar-refractivity contribution >= 4 is 16.7 Å². The molecule has 0 aliphatic heterocycles. The van der Waals surface area contributed by atoms with Gasteiger partial charge in [-0.3, -0.25) is 4.98 Å². The third kappa shape index (κ3) is 3.22. The summed E-state index contributed by atoms with van der Waals surface area (Å²) in [6.45, 7) is 1.47. The van der Waals surface area contributed by atoms with Crippen molar-refractivity contribution in [3.63, 3.8) is 0 Å². The molecule has 0 radical (unpaired) electrons. The van der Waals surface area contributed by atoms with Crippen LogP contribution in [0.3, 0.4) is 0 Å². The van der Waals surface area contributed by atoms with E-state index in [1.165, 1.54) is 6.92 Å². The monoisotopic (exact) mass is 390 g/mol. The number of phenols is 1. The topological polar surface area (TPSA) is 91.2 Å². The van der Waals surface area contributed by atoms with E-state index >= 15 is 0 Å². The standard InChI is InChI=1S/C19H17F3N4O2/c1-9-5-10(19(20,21)22)6-14(28)15(9)17-16-13(3-2-4-23-16)18(26-25-17)24-11-7-12(27)8-11/h2-6,11-12,27-28H,7-8H2,1H3,(H,24,26). The fourth-order valence-electron chi connectivity index (χ4n) is 3.40. The first-order valence-corrected chi connectivity index (χ1v) is 8.71. The summed E-state index contributed by atoms with van der Waals surface area (Å²) in [7, 11) is 0. The minimum absolute atomic E-state index is 0.0692. The van der Waals surface area contributed by atoms with Crippen LogP contribution >= 0.6 is 0 Å². The average molecular weight is 390 g/mol. The molecule has 3 aromatic rings. The molecule has 1 saturated carbocycles. The summed E-state index contributed by atoms with van der Waals surface area (Å²) < 4.78 is 39.0. The molecule has 1 fully saturated rings. The summed E-state index contributed by atoms with van der Waals surface area (Å²) in [4.78, 5) is 4.31. The van der Waals surface area contributed by atoms with Gasteiger partial charge < -0.3 is 15.5 Å². The van der Waals surface area contributed by atoms with Crippen molar-refractivity contribution in [2.45, 2.75) is 38.1 Å². The van der Waals surface area contributed by atoms with Crippen LogP contribution in [-0.2, 0) is 6.18 Å². The molecule has 1 aromatic carbocycles. The molecule has 0 amide bonds. The molecule has 1 aliphatic rings. The summed E-state index contributed by atoms with van der Waals surface area (Å²) in [5.41, 5.74) is 0.0704. The molecule has 2 aromatic heterocycles. The number of fused-ring (bicyclic) bond motifs is 1. The van der Waals surface area contributed by atoms with E-state index < -0.39 is 17.5 Å². The number of hydrogen-bond donors (Lipinski definition) is 3. The molecule has 3 N–H and O–H groups in total. The molecular weight excluding hydrogens is 373 g/mol. The van der Waals surface area contributed by atoms with Gasteiger partial charge in [0, 0.05) is 23.2 Å². The molecule has 0 spiro atoms. The van der Waals surface area contributed by atoms with Crippen molar-refractivity contribution in [3.8, 4) is 17.0 Å². The highest BCUT2D eigenvalue weighted by atomic mass is 19.4. The van der Waals surface area contributed by atoms with Crippen molar-refractivity contribution in [3.05, 3.63) is 41.6 Å². The molecule has 4 rings (SSSR count). The SMILES string of the molecule is Cc1cc(C(F)(F)F)cc(O)c1-c1nnc(NC2CC(O)C2)c2cccnc12. The van der Waals surface area contributed by atoms with Crippen molar-refractivity contribution in [2.75, 3.05) is 5.32 Å². The average Bonchev–Trinajstić information content (AvgIpc) is 2.60. The molecule has 9 heteroatoms. The van der Waals surface area contributed by atoms with E-state index in [1.807, 2.05) is 0 Å². The summed E-state index contributed by atoms with van der Waals surface area (Å²) in [6, 6.07) is 5.20. The Morgan fingerprint density at radius 1 is 1.18 bits per heavy atom. The maximum atomic E-state index is 13.0. The lowest BCUT2D eigenvalue weighted by Gasteiger charge is -2.32. The van der Waals surface area contributed by atoms with Crippen molar-refractivity contribution in [1.29, 1.82) is 0 Å². The fraction of sp³-hybridized carbons (Fsp3) is 0.316. The van der Waals surface area contributed by atoms with Crippen LogP contribution in [0.4, 0.5) is 19.0 Å². The van der Waals surface area contributed by atoms with E-state index in [4.69, 9.17) is 0 Å². The van der Waals surface area contributed by atoms with Gasteiger partial charge in [-0.2, -0.15) is 13.2 Å². The Morgan fingerprint density at radius 2 is 1.93 bits per heavy atom. The number of anilines is 1. The van der Waals surface area contributed by atoms with E-state index in [0.717, 1.165) is 6.07 Å². The predicted octanol–water partition coefficient (Wildman–Crippen LogP) is 3.66. The highest BCUT2D eigenvalue weighted by Crippen LogP contribution is 2.40. The first-order valence-electron chi connectivity index (χ1n) is 8.71. The number of aryl methyl sites for hydroxylation is 1. The fourth-order valence-corrected chi connectivity index (χ4v) is 3.40. The number of pyridine rings is 1. The number of benzene rings is 1. The number of halogens is 3. The number of aromatic nitrogens is 3. The highest BCUT2D eigenvalue weighted by Gasteiger charge is 2.33. The van der Waals surface area contributed by atoms with Gasteiger partial charge in [-0.25, -0.2) is 0 Å². The van der Waals surface area contributed by atoms with Gasteiger partial charge in [0.05, 0.1) is 11.7 Å². The predicted molar refractivity (Wildman–Crippen MR) is 96.8 cm³/mol. The van der Waals surface area contributed by atoms with Crippen LogP contribution in [0.5, 0.6) is 5.75 Å². The number of phenolic OH excluding ortho intramolecular Hbond substituents is 1. The Bertz CT molecular complexity index is 1030. The first kappa shape index (κ1) is 18.4. The molecule has 6 nitrogen and oxygen atoms in total. The molecule has 146 valence electrons. The molecule has 0 bridgehead atoms. The van der Waals surface area contributed by atoms with E-state index in [0.29, 0.717) is 35.6 Å². The third-order valence-corrected chi connectivity index (χ3v) is 4.87. The molecule has 28 heavy (non-hydrogen) atoms. The summed E-state index contributed by atoms with van der Waals surface area (Å²) in [6.07, 6.45) is -2.15. The second kappa shape index (κ2) is 6.59. The minimum atomic E-state index is -4.56. The van der Waals surface area contributed by atoms with Gasteiger partial charge in [0.15, 0.2) is 5.82 Å². The van der Waals surface area contributed by atoms with Crippen molar-refractivity contribution in [1.82, 2.24) is 15.2 Å². The van der Waals surface area contributed by atoms with Gasteiger partial charge in [-0.1, -0.05) is 0 Å².